The number of nitriles is 1. The molecule has 2 aromatic heterocycles. The monoisotopic (exact) mass is 329 g/mol. The molecule has 0 aliphatic heterocycles. The van der Waals surface area contributed by atoms with Crippen LogP contribution in [0.1, 0.15) is 37.0 Å². The standard InChI is InChI=1S/C17H19N3O2S/c18-10-13-7-9-23-17(13)19-16(21)12-20(14-4-1-2-5-14)11-15-6-3-8-22-15/h3,6-9,14H,1-2,4-5,11-12H2,(H,19,21). The highest BCUT2D eigenvalue weighted by atomic mass is 32.1. The highest BCUT2D eigenvalue weighted by Crippen LogP contribution is 2.26. The molecule has 0 saturated heterocycles. The molecule has 6 heteroatoms. The molecule has 0 bridgehead atoms. The van der Waals surface area contributed by atoms with Crippen LogP contribution in [0.2, 0.25) is 0 Å². The van der Waals surface area contributed by atoms with Crippen molar-refractivity contribution in [1.29, 1.82) is 5.26 Å². The van der Waals surface area contributed by atoms with Crippen LogP contribution < -0.4 is 5.32 Å². The Morgan fingerprint density at radius 3 is 2.96 bits per heavy atom. The second kappa shape index (κ2) is 7.44. The number of furan rings is 1. The van der Waals surface area contributed by atoms with E-state index in [4.69, 9.17) is 9.68 Å². The number of hydrogen-bond acceptors (Lipinski definition) is 5. The molecule has 3 rings (SSSR count). The van der Waals surface area contributed by atoms with Gasteiger partial charge in [0.15, 0.2) is 0 Å². The van der Waals surface area contributed by atoms with E-state index in [0.29, 0.717) is 29.7 Å². The zero-order valence-electron chi connectivity index (χ0n) is 12.8. The summed E-state index contributed by atoms with van der Waals surface area (Å²) >= 11 is 1.38. The molecule has 1 fully saturated rings. The molecule has 2 heterocycles. The smallest absolute Gasteiger partial charge is 0.239 e. The quantitative estimate of drug-likeness (QED) is 0.879. The zero-order valence-corrected chi connectivity index (χ0v) is 13.6. The molecule has 0 aromatic carbocycles. The van der Waals surface area contributed by atoms with Crippen LogP contribution in [-0.2, 0) is 11.3 Å². The summed E-state index contributed by atoms with van der Waals surface area (Å²) in [5.74, 6) is 0.793. The van der Waals surface area contributed by atoms with Gasteiger partial charge in [-0.25, -0.2) is 0 Å². The Balaban J connectivity index is 1.65. The number of hydrogen-bond donors (Lipinski definition) is 1. The van der Waals surface area contributed by atoms with Crippen LogP contribution in [0.15, 0.2) is 34.3 Å². The Labute approximate surface area is 139 Å². The molecule has 1 aliphatic carbocycles. The van der Waals surface area contributed by atoms with Gasteiger partial charge < -0.3 is 9.73 Å². The van der Waals surface area contributed by atoms with Crippen LogP contribution >= 0.6 is 11.3 Å². The van der Waals surface area contributed by atoms with E-state index in [-0.39, 0.29) is 5.91 Å². The second-order valence-corrected chi connectivity index (χ2v) is 6.66. The number of carbonyl (C=O) groups excluding carboxylic acids is 1. The largest absolute Gasteiger partial charge is 0.468 e. The lowest BCUT2D eigenvalue weighted by atomic mass is 10.2. The number of carbonyl (C=O) groups is 1. The van der Waals surface area contributed by atoms with Crippen molar-refractivity contribution in [3.8, 4) is 6.07 Å². The van der Waals surface area contributed by atoms with Crippen LogP contribution in [0.3, 0.4) is 0 Å². The van der Waals surface area contributed by atoms with Gasteiger partial charge >= 0.3 is 0 Å². The van der Waals surface area contributed by atoms with E-state index < -0.39 is 0 Å². The molecular formula is C17H19N3O2S. The molecule has 0 unspecified atom stereocenters. The summed E-state index contributed by atoms with van der Waals surface area (Å²) in [4.78, 5) is 14.6. The minimum Gasteiger partial charge on any atom is -0.468 e. The lowest BCUT2D eigenvalue weighted by Gasteiger charge is -2.27. The Bertz CT molecular complexity index is 681. The van der Waals surface area contributed by atoms with Gasteiger partial charge in [0.05, 0.1) is 24.9 Å². The highest BCUT2D eigenvalue weighted by Gasteiger charge is 2.25. The second-order valence-electron chi connectivity index (χ2n) is 5.75. The summed E-state index contributed by atoms with van der Waals surface area (Å²) in [6.07, 6.45) is 6.33. The SMILES string of the molecule is N#Cc1ccsc1NC(=O)CN(Cc1ccco1)C1CCCC1. The van der Waals surface area contributed by atoms with Gasteiger partial charge in [-0.15, -0.1) is 11.3 Å². The van der Waals surface area contributed by atoms with Gasteiger partial charge in [-0.3, -0.25) is 9.69 Å². The van der Waals surface area contributed by atoms with Crippen LogP contribution in [0.4, 0.5) is 5.00 Å². The van der Waals surface area contributed by atoms with E-state index in [1.54, 1.807) is 12.3 Å². The minimum atomic E-state index is -0.0811. The molecule has 1 saturated carbocycles. The van der Waals surface area contributed by atoms with Gasteiger partial charge in [0, 0.05) is 6.04 Å². The lowest BCUT2D eigenvalue weighted by Crippen LogP contribution is -2.39. The number of nitrogens with one attached hydrogen (secondary N) is 1. The van der Waals surface area contributed by atoms with E-state index in [9.17, 15) is 4.79 Å². The van der Waals surface area contributed by atoms with Crippen LogP contribution in [0, 0.1) is 11.3 Å². The van der Waals surface area contributed by atoms with Crippen LogP contribution in [0.5, 0.6) is 0 Å². The van der Waals surface area contributed by atoms with Crippen molar-refractivity contribution in [3.05, 3.63) is 41.2 Å². The van der Waals surface area contributed by atoms with Gasteiger partial charge in [-0.1, -0.05) is 12.8 Å². The minimum absolute atomic E-state index is 0.0811. The molecule has 0 spiro atoms. The topological polar surface area (TPSA) is 69.3 Å². The van der Waals surface area contributed by atoms with Crippen molar-refractivity contribution in [2.75, 3.05) is 11.9 Å². The molecule has 0 atom stereocenters. The van der Waals surface area contributed by atoms with Gasteiger partial charge in [-0.2, -0.15) is 5.26 Å². The van der Waals surface area contributed by atoms with Gasteiger partial charge in [0.1, 0.15) is 16.8 Å². The molecule has 0 radical (unpaired) electrons. The molecule has 1 aliphatic rings. The number of thiophene rings is 1. The van der Waals surface area contributed by atoms with E-state index in [2.05, 4.69) is 16.3 Å². The van der Waals surface area contributed by atoms with Gasteiger partial charge in [0.2, 0.25) is 5.91 Å². The van der Waals surface area contributed by atoms with E-state index in [1.165, 1.54) is 24.2 Å². The third-order valence-corrected chi connectivity index (χ3v) is 5.00. The van der Waals surface area contributed by atoms with Crippen molar-refractivity contribution in [2.45, 2.75) is 38.3 Å². The maximum Gasteiger partial charge on any atom is 0.239 e. The van der Waals surface area contributed by atoms with E-state index >= 15 is 0 Å². The van der Waals surface area contributed by atoms with Gasteiger partial charge in [0.25, 0.3) is 0 Å². The van der Waals surface area contributed by atoms with Crippen molar-refractivity contribution < 1.29 is 9.21 Å². The third-order valence-electron chi connectivity index (χ3n) is 4.17. The predicted molar refractivity (Wildman–Crippen MR) is 89.0 cm³/mol. The molecule has 2 aromatic rings. The average molecular weight is 329 g/mol. The molecule has 120 valence electrons. The first-order valence-corrected chi connectivity index (χ1v) is 8.68. The fraction of sp³-hybridized carbons (Fsp3) is 0.412. The molecule has 5 nitrogen and oxygen atoms in total. The van der Waals surface area contributed by atoms with Gasteiger partial charge in [-0.05, 0) is 36.4 Å². The van der Waals surface area contributed by atoms with E-state index in [0.717, 1.165) is 18.6 Å². The van der Waals surface area contributed by atoms with Crippen molar-refractivity contribution in [2.24, 2.45) is 0 Å². The summed E-state index contributed by atoms with van der Waals surface area (Å²) in [7, 11) is 0. The van der Waals surface area contributed by atoms with Crippen molar-refractivity contribution in [3.63, 3.8) is 0 Å². The zero-order chi connectivity index (χ0) is 16.1. The summed E-state index contributed by atoms with van der Waals surface area (Å²) in [6, 6.07) is 8.04. The molecular weight excluding hydrogens is 310 g/mol. The van der Waals surface area contributed by atoms with Crippen LogP contribution in [0.25, 0.3) is 0 Å². The molecule has 23 heavy (non-hydrogen) atoms. The third kappa shape index (κ3) is 4.01. The lowest BCUT2D eigenvalue weighted by molar-refractivity contribution is -0.118. The predicted octanol–water partition coefficient (Wildman–Crippen LogP) is 3.60. The Hall–Kier alpha value is -2.10. The number of nitrogens with zero attached hydrogens (tertiary/aromatic N) is 2. The van der Waals surface area contributed by atoms with Crippen molar-refractivity contribution >= 4 is 22.2 Å². The maximum atomic E-state index is 12.4. The Kier molecular flexibility index (Phi) is 5.11. The summed E-state index contributed by atoms with van der Waals surface area (Å²) in [6.45, 7) is 0.953. The molecule has 1 N–H and O–H groups in total. The fourth-order valence-electron chi connectivity index (χ4n) is 3.03. The Morgan fingerprint density at radius 1 is 1.43 bits per heavy atom. The first-order valence-electron chi connectivity index (χ1n) is 7.80. The average Bonchev–Trinajstić information content (AvgIpc) is 3.29. The normalized spacial score (nSPS) is 15.0. The highest BCUT2D eigenvalue weighted by molar-refractivity contribution is 7.14. The Morgan fingerprint density at radius 2 is 2.26 bits per heavy atom. The number of amides is 1. The first-order chi connectivity index (χ1) is 11.3. The van der Waals surface area contributed by atoms with Crippen LogP contribution in [-0.4, -0.2) is 23.4 Å². The number of anilines is 1. The number of rotatable bonds is 6. The fourth-order valence-corrected chi connectivity index (χ4v) is 3.78. The first kappa shape index (κ1) is 15.8. The maximum absolute atomic E-state index is 12.4. The summed E-state index contributed by atoms with van der Waals surface area (Å²) < 4.78 is 5.43. The van der Waals surface area contributed by atoms with E-state index in [1.807, 2.05) is 17.5 Å². The van der Waals surface area contributed by atoms with Crippen molar-refractivity contribution in [1.82, 2.24) is 4.90 Å². The molecule has 1 amide bonds. The summed E-state index contributed by atoms with van der Waals surface area (Å²) in [5.41, 5.74) is 0.516. The summed E-state index contributed by atoms with van der Waals surface area (Å²) in [5, 5.41) is 14.3.